The van der Waals surface area contributed by atoms with Crippen molar-refractivity contribution in [3.63, 3.8) is 0 Å². The molecule has 0 unspecified atom stereocenters. The minimum absolute atomic E-state index is 0.0137. The van der Waals surface area contributed by atoms with E-state index in [1.807, 2.05) is 31.2 Å². The first-order chi connectivity index (χ1) is 15.2. The van der Waals surface area contributed by atoms with Crippen molar-refractivity contribution in [2.24, 2.45) is 0 Å². The Balaban J connectivity index is 1.74. The summed E-state index contributed by atoms with van der Waals surface area (Å²) >= 11 is 9.53. The zero-order chi connectivity index (χ0) is 23.3. The Labute approximate surface area is 201 Å². The quantitative estimate of drug-likeness (QED) is 0.283. The smallest absolute Gasteiger partial charge is 0.266 e. The molecule has 0 aromatic heterocycles. The van der Waals surface area contributed by atoms with Gasteiger partial charge in [0, 0.05) is 10.7 Å². The highest BCUT2D eigenvalue weighted by atomic mass is 79.9. The van der Waals surface area contributed by atoms with E-state index in [1.165, 1.54) is 17.2 Å². The molecule has 1 N–H and O–H groups in total. The van der Waals surface area contributed by atoms with Gasteiger partial charge in [-0.15, -0.1) is 0 Å². The Morgan fingerprint density at radius 2 is 1.81 bits per heavy atom. The number of nitrogens with one attached hydrogen (secondary N) is 1. The predicted molar refractivity (Wildman–Crippen MR) is 133 cm³/mol. The highest BCUT2D eigenvalue weighted by Crippen LogP contribution is 2.28. The molecule has 0 aliphatic heterocycles. The van der Waals surface area contributed by atoms with Crippen LogP contribution in [0.1, 0.15) is 27.8 Å². The summed E-state index contributed by atoms with van der Waals surface area (Å²) in [4.78, 5) is 12.6. The van der Waals surface area contributed by atoms with Gasteiger partial charge in [-0.1, -0.05) is 53.1 Å². The lowest BCUT2D eigenvalue weighted by atomic mass is 10.1. The first-order valence-electron chi connectivity index (χ1n) is 9.94. The normalized spacial score (nSPS) is 11.1. The third-order valence-corrected chi connectivity index (χ3v) is 5.61. The van der Waals surface area contributed by atoms with Gasteiger partial charge in [-0.2, -0.15) is 5.26 Å². The summed E-state index contributed by atoms with van der Waals surface area (Å²) in [5.41, 5.74) is 5.59. The van der Waals surface area contributed by atoms with E-state index in [-0.39, 0.29) is 5.57 Å². The summed E-state index contributed by atoms with van der Waals surface area (Å²) in [7, 11) is 0. The number of carbonyl (C=O) groups excluding carboxylic acids is 1. The molecule has 0 spiro atoms. The maximum atomic E-state index is 12.6. The van der Waals surface area contributed by atoms with E-state index in [9.17, 15) is 10.1 Å². The maximum Gasteiger partial charge on any atom is 0.266 e. The summed E-state index contributed by atoms with van der Waals surface area (Å²) in [5.74, 6) is 0.183. The molecule has 32 heavy (non-hydrogen) atoms. The second-order valence-electron chi connectivity index (χ2n) is 7.56. The Hall–Kier alpha value is -3.07. The molecule has 0 atom stereocenters. The molecule has 3 aromatic carbocycles. The fourth-order valence-electron chi connectivity index (χ4n) is 3.27. The number of benzene rings is 3. The summed E-state index contributed by atoms with van der Waals surface area (Å²) in [6, 6.07) is 18.9. The molecular weight excluding hydrogens is 488 g/mol. The number of hydrogen-bond acceptors (Lipinski definition) is 3. The molecule has 4 nitrogen and oxygen atoms in total. The second-order valence-corrected chi connectivity index (χ2v) is 8.85. The summed E-state index contributed by atoms with van der Waals surface area (Å²) in [5, 5.41) is 12.8. The van der Waals surface area contributed by atoms with Crippen LogP contribution in [0.4, 0.5) is 5.69 Å². The molecule has 0 saturated heterocycles. The predicted octanol–water partition coefficient (Wildman–Crippen LogP) is 7.15. The minimum Gasteiger partial charge on any atom is -0.488 e. The highest BCUT2D eigenvalue weighted by Gasteiger charge is 2.12. The number of hydrogen-bond donors (Lipinski definition) is 1. The van der Waals surface area contributed by atoms with Gasteiger partial charge >= 0.3 is 0 Å². The van der Waals surface area contributed by atoms with Gasteiger partial charge in [0.05, 0.1) is 4.47 Å². The highest BCUT2D eigenvalue weighted by molar-refractivity contribution is 9.10. The molecule has 0 fully saturated rings. The first kappa shape index (κ1) is 23.6. The van der Waals surface area contributed by atoms with Gasteiger partial charge in [0.15, 0.2) is 0 Å². The van der Waals surface area contributed by atoms with Crippen molar-refractivity contribution in [3.8, 4) is 11.8 Å². The monoisotopic (exact) mass is 508 g/mol. The van der Waals surface area contributed by atoms with Gasteiger partial charge in [0.25, 0.3) is 5.91 Å². The van der Waals surface area contributed by atoms with Crippen LogP contribution >= 0.6 is 27.5 Å². The number of amides is 1. The molecule has 0 aliphatic carbocycles. The first-order valence-corrected chi connectivity index (χ1v) is 11.1. The molecule has 3 rings (SSSR count). The number of aryl methyl sites for hydroxylation is 3. The fourth-order valence-corrected chi connectivity index (χ4v) is 3.95. The number of nitrogens with zero attached hydrogens (tertiary/aromatic N) is 1. The van der Waals surface area contributed by atoms with Crippen molar-refractivity contribution in [2.75, 3.05) is 5.32 Å². The fraction of sp³-hybridized carbons (Fsp3) is 0.154. The van der Waals surface area contributed by atoms with Crippen LogP contribution in [0.2, 0.25) is 5.02 Å². The van der Waals surface area contributed by atoms with Crippen LogP contribution in [0.25, 0.3) is 6.08 Å². The van der Waals surface area contributed by atoms with Crippen molar-refractivity contribution in [3.05, 3.63) is 97.5 Å². The van der Waals surface area contributed by atoms with E-state index < -0.39 is 5.91 Å². The van der Waals surface area contributed by atoms with Crippen LogP contribution in [0.3, 0.4) is 0 Å². The van der Waals surface area contributed by atoms with Gasteiger partial charge in [0.1, 0.15) is 24.0 Å². The van der Waals surface area contributed by atoms with E-state index in [1.54, 1.807) is 18.2 Å². The molecule has 0 aliphatic rings. The zero-order valence-corrected chi connectivity index (χ0v) is 20.3. The van der Waals surface area contributed by atoms with Crippen molar-refractivity contribution in [1.82, 2.24) is 0 Å². The molecule has 1 amide bonds. The lowest BCUT2D eigenvalue weighted by Gasteiger charge is -2.11. The molecule has 0 radical (unpaired) electrons. The molecule has 162 valence electrons. The maximum absolute atomic E-state index is 12.6. The lowest BCUT2D eigenvalue weighted by molar-refractivity contribution is -0.112. The van der Waals surface area contributed by atoms with Crippen molar-refractivity contribution in [2.45, 2.75) is 27.4 Å². The minimum atomic E-state index is -0.496. The van der Waals surface area contributed by atoms with E-state index in [4.69, 9.17) is 16.3 Å². The van der Waals surface area contributed by atoms with Crippen molar-refractivity contribution < 1.29 is 9.53 Å². The molecule has 0 heterocycles. The van der Waals surface area contributed by atoms with Gasteiger partial charge in [-0.25, -0.2) is 0 Å². The average molecular weight is 510 g/mol. The Bertz CT molecular complexity index is 1220. The molecule has 3 aromatic rings. The van der Waals surface area contributed by atoms with Crippen LogP contribution < -0.4 is 10.1 Å². The number of anilines is 1. The third kappa shape index (κ3) is 6.23. The van der Waals surface area contributed by atoms with Crippen LogP contribution in [0, 0.1) is 32.1 Å². The number of rotatable bonds is 6. The van der Waals surface area contributed by atoms with Crippen LogP contribution in [-0.2, 0) is 11.4 Å². The van der Waals surface area contributed by atoms with Crippen LogP contribution in [-0.4, -0.2) is 5.91 Å². The van der Waals surface area contributed by atoms with Crippen molar-refractivity contribution >= 4 is 45.2 Å². The summed E-state index contributed by atoms with van der Waals surface area (Å²) in [6.07, 6.45) is 1.54. The van der Waals surface area contributed by atoms with Gasteiger partial charge in [0.2, 0.25) is 0 Å². The number of carbonyl (C=O) groups is 1. The standard InChI is InChI=1S/C26H22BrClN2O2/c1-16-8-17(2)10-20(9-16)15-32-25-7-5-19(12-23(25)27)11-21(14-29)26(31)30-24-13-22(28)6-4-18(24)3/h4-13H,15H2,1-3H3,(H,30,31)/b21-11+. The largest absolute Gasteiger partial charge is 0.488 e. The zero-order valence-electron chi connectivity index (χ0n) is 18.0. The number of nitriles is 1. The van der Waals surface area contributed by atoms with Crippen LogP contribution in [0.15, 0.2) is 64.6 Å². The summed E-state index contributed by atoms with van der Waals surface area (Å²) < 4.78 is 6.68. The third-order valence-electron chi connectivity index (χ3n) is 4.76. The van der Waals surface area contributed by atoms with E-state index >= 15 is 0 Å². The van der Waals surface area contributed by atoms with E-state index in [0.717, 1.165) is 15.6 Å². The molecule has 6 heteroatoms. The molecule has 0 saturated carbocycles. The average Bonchev–Trinajstić information content (AvgIpc) is 2.73. The Morgan fingerprint density at radius 1 is 1.09 bits per heavy atom. The number of ether oxygens (including phenoxy) is 1. The SMILES string of the molecule is Cc1cc(C)cc(COc2ccc(/C=C(\C#N)C(=O)Nc3cc(Cl)ccc3C)cc2Br)c1. The Morgan fingerprint density at radius 3 is 2.47 bits per heavy atom. The summed E-state index contributed by atoms with van der Waals surface area (Å²) in [6.45, 7) is 6.42. The van der Waals surface area contributed by atoms with E-state index in [2.05, 4.69) is 53.3 Å². The topological polar surface area (TPSA) is 62.1 Å². The van der Waals surface area contributed by atoms with Gasteiger partial charge in [-0.05, 0) is 83.7 Å². The van der Waals surface area contributed by atoms with Crippen molar-refractivity contribution in [1.29, 1.82) is 5.26 Å². The molecular formula is C26H22BrClN2O2. The lowest BCUT2D eigenvalue weighted by Crippen LogP contribution is -2.14. The molecule has 0 bridgehead atoms. The number of halogens is 2. The Kier molecular flexibility index (Phi) is 7.74. The van der Waals surface area contributed by atoms with Gasteiger partial charge < -0.3 is 10.1 Å². The van der Waals surface area contributed by atoms with Gasteiger partial charge in [-0.3, -0.25) is 4.79 Å². The second kappa shape index (κ2) is 10.5. The van der Waals surface area contributed by atoms with Crippen LogP contribution in [0.5, 0.6) is 5.75 Å². The van der Waals surface area contributed by atoms with E-state index in [0.29, 0.717) is 28.6 Å².